The molecule has 0 radical (unpaired) electrons. The van der Waals surface area contributed by atoms with Gasteiger partial charge in [0, 0.05) is 37.4 Å². The number of aromatic nitrogens is 5. The van der Waals surface area contributed by atoms with Crippen LogP contribution in [0.5, 0.6) is 0 Å². The summed E-state index contributed by atoms with van der Waals surface area (Å²) in [5.41, 5.74) is 8.97. The Hall–Kier alpha value is -3.58. The predicted molar refractivity (Wildman–Crippen MR) is 140 cm³/mol. The van der Waals surface area contributed by atoms with Gasteiger partial charge in [0.1, 0.15) is 5.82 Å². The number of rotatable bonds is 4. The molecule has 0 N–H and O–H groups in total. The Balaban J connectivity index is 1.69. The Labute approximate surface area is 209 Å². The van der Waals surface area contributed by atoms with Crippen molar-refractivity contribution in [1.82, 2.24) is 24.5 Å². The van der Waals surface area contributed by atoms with Gasteiger partial charge in [-0.2, -0.15) is 0 Å². The summed E-state index contributed by atoms with van der Waals surface area (Å²) in [5.74, 6) is 0.109. The molecule has 1 fully saturated rings. The Bertz CT molecular complexity index is 1560. The lowest BCUT2D eigenvalue weighted by molar-refractivity contribution is 0.0552. The van der Waals surface area contributed by atoms with E-state index in [0.717, 1.165) is 76.1 Å². The summed E-state index contributed by atoms with van der Waals surface area (Å²) in [6.07, 6.45) is 3.75. The highest BCUT2D eigenvalue weighted by atomic mass is 19.1. The first-order valence-corrected chi connectivity index (χ1v) is 12.5. The molecule has 6 nitrogen and oxygen atoms in total. The average Bonchev–Trinajstić information content (AvgIpc) is 3.35. The molecule has 5 aromatic rings. The second kappa shape index (κ2) is 8.82. The predicted octanol–water partition coefficient (Wildman–Crippen LogP) is 6.07. The van der Waals surface area contributed by atoms with Gasteiger partial charge in [0.05, 0.1) is 34.0 Å². The van der Waals surface area contributed by atoms with Crippen LogP contribution < -0.4 is 0 Å². The maximum atomic E-state index is 14.8. The number of benzene rings is 2. The summed E-state index contributed by atoms with van der Waals surface area (Å²) in [5, 5.41) is 9.55. The van der Waals surface area contributed by atoms with Crippen molar-refractivity contribution in [2.45, 2.75) is 39.7 Å². The third-order valence-electron chi connectivity index (χ3n) is 7.46. The van der Waals surface area contributed by atoms with Crippen molar-refractivity contribution in [2.75, 3.05) is 13.2 Å². The maximum Gasteiger partial charge on any atom is 0.123 e. The number of ether oxygens (including phenoxy) is 1. The zero-order valence-corrected chi connectivity index (χ0v) is 21.1. The van der Waals surface area contributed by atoms with Crippen molar-refractivity contribution in [2.24, 2.45) is 13.0 Å². The lowest BCUT2D eigenvalue weighted by Gasteiger charge is -2.33. The van der Waals surface area contributed by atoms with Gasteiger partial charge in [-0.25, -0.2) is 9.07 Å². The molecule has 0 spiro atoms. The van der Waals surface area contributed by atoms with Crippen molar-refractivity contribution < 1.29 is 9.13 Å². The Morgan fingerprint density at radius 2 is 1.78 bits per heavy atom. The van der Waals surface area contributed by atoms with E-state index in [0.29, 0.717) is 5.92 Å². The SMILES string of the molecule is Cc1cc(F)cc(C(C2CCOCC2)n2c3cc(C)ccc3c3ncc(-c4c(C)nnn4C)cc32)c1. The first kappa shape index (κ1) is 22.9. The highest BCUT2D eigenvalue weighted by Gasteiger charge is 2.31. The highest BCUT2D eigenvalue weighted by Crippen LogP contribution is 2.41. The van der Waals surface area contributed by atoms with E-state index >= 15 is 0 Å². The molecule has 1 unspecified atom stereocenters. The number of aryl methyl sites for hydroxylation is 4. The van der Waals surface area contributed by atoms with Gasteiger partial charge < -0.3 is 9.30 Å². The van der Waals surface area contributed by atoms with Crippen LogP contribution >= 0.6 is 0 Å². The van der Waals surface area contributed by atoms with Crippen LogP contribution in [0.2, 0.25) is 0 Å². The van der Waals surface area contributed by atoms with E-state index in [9.17, 15) is 4.39 Å². The van der Waals surface area contributed by atoms with Crippen LogP contribution in [0.1, 0.15) is 41.3 Å². The minimum Gasteiger partial charge on any atom is -0.381 e. The normalized spacial score (nSPS) is 15.7. The first-order chi connectivity index (χ1) is 17.4. The van der Waals surface area contributed by atoms with Gasteiger partial charge in [-0.15, -0.1) is 5.10 Å². The topological polar surface area (TPSA) is 57.8 Å². The highest BCUT2D eigenvalue weighted by molar-refractivity contribution is 6.07. The molecule has 0 aliphatic carbocycles. The number of halogens is 1. The Kier molecular flexibility index (Phi) is 5.60. The van der Waals surface area contributed by atoms with Gasteiger partial charge in [0.15, 0.2) is 0 Å². The molecule has 3 aromatic heterocycles. The van der Waals surface area contributed by atoms with Gasteiger partial charge in [0.25, 0.3) is 0 Å². The molecule has 1 aliphatic rings. The Morgan fingerprint density at radius 1 is 0.972 bits per heavy atom. The second-order valence-corrected chi connectivity index (χ2v) is 10.1. The van der Waals surface area contributed by atoms with Crippen molar-refractivity contribution >= 4 is 21.9 Å². The van der Waals surface area contributed by atoms with Crippen LogP contribution in [-0.2, 0) is 11.8 Å². The second-order valence-electron chi connectivity index (χ2n) is 10.1. The summed E-state index contributed by atoms with van der Waals surface area (Å²) < 4.78 is 24.7. The van der Waals surface area contributed by atoms with E-state index in [4.69, 9.17) is 9.72 Å². The van der Waals surface area contributed by atoms with Crippen LogP contribution in [0, 0.1) is 32.5 Å². The minimum atomic E-state index is -0.200. The summed E-state index contributed by atoms with van der Waals surface area (Å²) >= 11 is 0. The molecule has 1 atom stereocenters. The molecule has 0 bridgehead atoms. The largest absolute Gasteiger partial charge is 0.381 e. The number of pyridine rings is 1. The summed E-state index contributed by atoms with van der Waals surface area (Å²) in [6, 6.07) is 14.1. The average molecular weight is 484 g/mol. The first-order valence-electron chi connectivity index (χ1n) is 12.5. The van der Waals surface area contributed by atoms with Crippen molar-refractivity contribution in [3.63, 3.8) is 0 Å². The molecule has 1 saturated heterocycles. The zero-order chi connectivity index (χ0) is 25.0. The summed E-state index contributed by atoms with van der Waals surface area (Å²) in [4.78, 5) is 4.97. The monoisotopic (exact) mass is 483 g/mol. The molecule has 0 saturated carbocycles. The molecule has 1 aliphatic heterocycles. The number of nitrogens with zero attached hydrogens (tertiary/aromatic N) is 5. The standard InChI is InChI=1S/C29H30FN5O/c1-17-5-6-24-25(13-17)35(26-15-22(16-31-27(24)26)28-19(3)32-33-34(28)4)29(20-7-9-36-10-8-20)21-11-18(2)12-23(30)14-21/h5-6,11-16,20,29H,7-10H2,1-4H3. The van der Waals surface area contributed by atoms with Crippen molar-refractivity contribution in [1.29, 1.82) is 0 Å². The molecule has 4 heterocycles. The lowest BCUT2D eigenvalue weighted by atomic mass is 9.86. The van der Waals surface area contributed by atoms with Crippen LogP contribution in [-0.4, -0.2) is 37.8 Å². The third-order valence-corrected chi connectivity index (χ3v) is 7.46. The smallest absolute Gasteiger partial charge is 0.123 e. The van der Waals surface area contributed by atoms with Gasteiger partial charge in [-0.05, 0) is 80.5 Å². The van der Waals surface area contributed by atoms with Gasteiger partial charge in [-0.1, -0.05) is 23.4 Å². The molecule has 36 heavy (non-hydrogen) atoms. The van der Waals surface area contributed by atoms with Crippen molar-refractivity contribution in [3.05, 3.63) is 76.9 Å². The van der Waals surface area contributed by atoms with Crippen LogP contribution in [0.4, 0.5) is 4.39 Å². The van der Waals surface area contributed by atoms with E-state index in [1.165, 1.54) is 5.56 Å². The van der Waals surface area contributed by atoms with Gasteiger partial charge >= 0.3 is 0 Å². The molecule has 184 valence electrons. The zero-order valence-electron chi connectivity index (χ0n) is 21.1. The molecule has 6 rings (SSSR count). The summed E-state index contributed by atoms with van der Waals surface area (Å²) in [6.45, 7) is 7.47. The molecular formula is C29H30FN5O. The number of hydrogen-bond acceptors (Lipinski definition) is 4. The fraction of sp³-hybridized carbons (Fsp3) is 0.345. The van der Waals surface area contributed by atoms with Crippen LogP contribution in [0.3, 0.4) is 0 Å². The fourth-order valence-corrected chi connectivity index (χ4v) is 5.90. The number of hydrogen-bond donors (Lipinski definition) is 0. The van der Waals surface area contributed by atoms with Crippen LogP contribution in [0.25, 0.3) is 33.2 Å². The van der Waals surface area contributed by atoms with Gasteiger partial charge in [-0.3, -0.25) is 4.98 Å². The molecule has 2 aromatic carbocycles. The quantitative estimate of drug-likeness (QED) is 0.312. The van der Waals surface area contributed by atoms with Crippen molar-refractivity contribution in [3.8, 4) is 11.3 Å². The van der Waals surface area contributed by atoms with E-state index < -0.39 is 0 Å². The summed E-state index contributed by atoms with van der Waals surface area (Å²) in [7, 11) is 1.90. The van der Waals surface area contributed by atoms with Gasteiger partial charge in [0.2, 0.25) is 0 Å². The molecule has 7 heteroatoms. The van der Waals surface area contributed by atoms with E-state index in [1.54, 1.807) is 16.8 Å². The minimum absolute atomic E-state index is 0.0482. The third kappa shape index (κ3) is 3.78. The Morgan fingerprint density at radius 3 is 2.50 bits per heavy atom. The molecular weight excluding hydrogens is 453 g/mol. The van der Waals surface area contributed by atoms with E-state index in [-0.39, 0.29) is 11.9 Å². The maximum absolute atomic E-state index is 14.8. The fourth-order valence-electron chi connectivity index (χ4n) is 5.90. The van der Waals surface area contributed by atoms with E-state index in [2.05, 4.69) is 52.1 Å². The van der Waals surface area contributed by atoms with Crippen LogP contribution in [0.15, 0.2) is 48.7 Å². The lowest BCUT2D eigenvalue weighted by Crippen LogP contribution is -2.27. The number of fused-ring (bicyclic) bond motifs is 3. The molecule has 0 amide bonds. The van der Waals surface area contributed by atoms with E-state index in [1.807, 2.05) is 27.1 Å².